The Labute approximate surface area is 106 Å². The minimum Gasteiger partial charge on any atom is -0.490 e. The SMILES string of the molecule is CC(NCCO)C(=O)c1ccc2c(c1)NCCO2. The molecular formula is C13H18N2O3. The summed E-state index contributed by atoms with van der Waals surface area (Å²) in [6, 6.07) is 5.09. The topological polar surface area (TPSA) is 70.6 Å². The number of anilines is 1. The number of hydrogen-bond acceptors (Lipinski definition) is 5. The van der Waals surface area contributed by atoms with Gasteiger partial charge in [-0.05, 0) is 25.1 Å². The Morgan fingerprint density at radius 1 is 1.61 bits per heavy atom. The van der Waals surface area contributed by atoms with Gasteiger partial charge in [-0.3, -0.25) is 4.79 Å². The third-order valence-electron chi connectivity index (χ3n) is 2.89. The molecule has 0 radical (unpaired) electrons. The molecule has 5 nitrogen and oxygen atoms in total. The number of aliphatic hydroxyl groups excluding tert-OH is 1. The fourth-order valence-corrected chi connectivity index (χ4v) is 1.92. The first kappa shape index (κ1) is 12.9. The molecule has 0 saturated heterocycles. The van der Waals surface area contributed by atoms with Crippen molar-refractivity contribution in [2.45, 2.75) is 13.0 Å². The van der Waals surface area contributed by atoms with Gasteiger partial charge in [0.1, 0.15) is 12.4 Å². The number of carbonyl (C=O) groups excluding carboxylic acids is 1. The Balaban J connectivity index is 2.10. The summed E-state index contributed by atoms with van der Waals surface area (Å²) in [5.41, 5.74) is 1.51. The largest absolute Gasteiger partial charge is 0.490 e. The van der Waals surface area contributed by atoms with E-state index in [1.54, 1.807) is 13.0 Å². The Kier molecular flexibility index (Phi) is 4.17. The molecule has 1 unspecified atom stereocenters. The van der Waals surface area contributed by atoms with Crippen molar-refractivity contribution in [3.8, 4) is 5.75 Å². The van der Waals surface area contributed by atoms with Crippen molar-refractivity contribution < 1.29 is 14.6 Å². The highest BCUT2D eigenvalue weighted by Crippen LogP contribution is 2.28. The highest BCUT2D eigenvalue weighted by Gasteiger charge is 2.17. The van der Waals surface area contributed by atoms with E-state index in [1.165, 1.54) is 0 Å². The summed E-state index contributed by atoms with van der Waals surface area (Å²) in [6.45, 7) is 3.63. The first-order valence-corrected chi connectivity index (χ1v) is 6.11. The summed E-state index contributed by atoms with van der Waals surface area (Å²) >= 11 is 0. The molecule has 0 aromatic heterocycles. The van der Waals surface area contributed by atoms with Gasteiger partial charge in [-0.2, -0.15) is 0 Å². The summed E-state index contributed by atoms with van der Waals surface area (Å²) < 4.78 is 5.46. The van der Waals surface area contributed by atoms with Crippen LogP contribution in [0.2, 0.25) is 0 Å². The number of aliphatic hydroxyl groups is 1. The van der Waals surface area contributed by atoms with Crippen LogP contribution < -0.4 is 15.4 Å². The third kappa shape index (κ3) is 2.80. The summed E-state index contributed by atoms with van der Waals surface area (Å²) in [5, 5.41) is 14.9. The fraction of sp³-hybridized carbons (Fsp3) is 0.462. The lowest BCUT2D eigenvalue weighted by molar-refractivity contribution is 0.0948. The zero-order chi connectivity index (χ0) is 13.0. The van der Waals surface area contributed by atoms with Crippen LogP contribution in [0.3, 0.4) is 0 Å². The Hall–Kier alpha value is -1.59. The van der Waals surface area contributed by atoms with Gasteiger partial charge in [0.2, 0.25) is 0 Å². The molecule has 1 aliphatic rings. The molecule has 18 heavy (non-hydrogen) atoms. The highest BCUT2D eigenvalue weighted by atomic mass is 16.5. The van der Waals surface area contributed by atoms with Crippen LogP contribution in [0, 0.1) is 0 Å². The van der Waals surface area contributed by atoms with Crippen molar-refractivity contribution in [3.05, 3.63) is 23.8 Å². The van der Waals surface area contributed by atoms with E-state index in [9.17, 15) is 4.79 Å². The maximum Gasteiger partial charge on any atom is 0.179 e. The maximum atomic E-state index is 12.1. The van der Waals surface area contributed by atoms with Crippen LogP contribution >= 0.6 is 0 Å². The van der Waals surface area contributed by atoms with E-state index in [-0.39, 0.29) is 18.4 Å². The zero-order valence-corrected chi connectivity index (χ0v) is 10.4. The summed E-state index contributed by atoms with van der Waals surface area (Å²) in [4.78, 5) is 12.1. The molecule has 1 aromatic carbocycles. The van der Waals surface area contributed by atoms with Crippen LogP contribution in [0.25, 0.3) is 0 Å². The molecule has 1 heterocycles. The van der Waals surface area contributed by atoms with Gasteiger partial charge < -0.3 is 20.5 Å². The van der Waals surface area contributed by atoms with E-state index in [0.29, 0.717) is 18.7 Å². The van der Waals surface area contributed by atoms with Gasteiger partial charge in [0, 0.05) is 18.7 Å². The van der Waals surface area contributed by atoms with E-state index in [4.69, 9.17) is 9.84 Å². The Morgan fingerprint density at radius 3 is 3.22 bits per heavy atom. The molecule has 0 spiro atoms. The molecule has 0 bridgehead atoms. The van der Waals surface area contributed by atoms with Crippen molar-refractivity contribution in [3.63, 3.8) is 0 Å². The number of ketones is 1. The normalized spacial score (nSPS) is 15.2. The summed E-state index contributed by atoms with van der Waals surface area (Å²) in [7, 11) is 0. The first-order chi connectivity index (χ1) is 8.72. The molecular weight excluding hydrogens is 232 g/mol. The van der Waals surface area contributed by atoms with Crippen LogP contribution in [0.5, 0.6) is 5.75 Å². The van der Waals surface area contributed by atoms with Crippen LogP contribution in [0.15, 0.2) is 18.2 Å². The van der Waals surface area contributed by atoms with E-state index in [2.05, 4.69) is 10.6 Å². The minimum atomic E-state index is -0.306. The molecule has 0 amide bonds. The summed E-state index contributed by atoms with van der Waals surface area (Å²) in [6.07, 6.45) is 0. The van der Waals surface area contributed by atoms with E-state index in [0.717, 1.165) is 18.0 Å². The van der Waals surface area contributed by atoms with Crippen LogP contribution in [0.4, 0.5) is 5.69 Å². The van der Waals surface area contributed by atoms with E-state index < -0.39 is 0 Å². The van der Waals surface area contributed by atoms with Gasteiger partial charge in [-0.15, -0.1) is 0 Å². The second kappa shape index (κ2) is 5.84. The average molecular weight is 250 g/mol. The number of benzene rings is 1. The fourth-order valence-electron chi connectivity index (χ4n) is 1.92. The monoisotopic (exact) mass is 250 g/mol. The number of ether oxygens (including phenoxy) is 1. The molecule has 0 saturated carbocycles. The van der Waals surface area contributed by atoms with Crippen LogP contribution in [-0.4, -0.2) is 43.2 Å². The van der Waals surface area contributed by atoms with Gasteiger partial charge in [-0.1, -0.05) is 0 Å². The second-order valence-electron chi connectivity index (χ2n) is 4.25. The van der Waals surface area contributed by atoms with Crippen molar-refractivity contribution >= 4 is 11.5 Å². The quantitative estimate of drug-likeness (QED) is 0.669. The second-order valence-corrected chi connectivity index (χ2v) is 4.25. The lowest BCUT2D eigenvalue weighted by atomic mass is 10.0. The lowest BCUT2D eigenvalue weighted by Crippen LogP contribution is -2.35. The molecule has 1 aliphatic heterocycles. The van der Waals surface area contributed by atoms with E-state index >= 15 is 0 Å². The Bertz CT molecular complexity index is 434. The van der Waals surface area contributed by atoms with Crippen molar-refractivity contribution in [1.82, 2.24) is 5.32 Å². The van der Waals surface area contributed by atoms with Crippen molar-refractivity contribution in [1.29, 1.82) is 0 Å². The standard InChI is InChI=1S/C13H18N2O3/c1-9(14-4-6-16)13(17)10-2-3-12-11(8-10)15-5-7-18-12/h2-3,8-9,14-16H,4-7H2,1H3. The zero-order valence-electron chi connectivity index (χ0n) is 10.4. The molecule has 5 heteroatoms. The van der Waals surface area contributed by atoms with Crippen LogP contribution in [0.1, 0.15) is 17.3 Å². The van der Waals surface area contributed by atoms with Crippen molar-refractivity contribution in [2.75, 3.05) is 31.6 Å². The highest BCUT2D eigenvalue weighted by molar-refractivity contribution is 6.01. The third-order valence-corrected chi connectivity index (χ3v) is 2.89. The number of fused-ring (bicyclic) bond motifs is 1. The predicted octanol–water partition coefficient (Wildman–Crippen LogP) is 0.644. The number of nitrogens with one attached hydrogen (secondary N) is 2. The lowest BCUT2D eigenvalue weighted by Gasteiger charge is -2.20. The maximum absolute atomic E-state index is 12.1. The van der Waals surface area contributed by atoms with Crippen molar-refractivity contribution in [2.24, 2.45) is 0 Å². The van der Waals surface area contributed by atoms with Gasteiger partial charge in [-0.25, -0.2) is 0 Å². The molecule has 3 N–H and O–H groups in total. The first-order valence-electron chi connectivity index (χ1n) is 6.11. The number of Topliss-reactive ketones (excluding diaryl/α,β-unsaturated/α-hetero) is 1. The number of hydrogen-bond donors (Lipinski definition) is 3. The van der Waals surface area contributed by atoms with Gasteiger partial charge >= 0.3 is 0 Å². The number of rotatable bonds is 5. The molecule has 0 fully saturated rings. The van der Waals surface area contributed by atoms with Crippen LogP contribution in [-0.2, 0) is 0 Å². The number of carbonyl (C=O) groups is 1. The Morgan fingerprint density at radius 2 is 2.44 bits per heavy atom. The smallest absolute Gasteiger partial charge is 0.179 e. The van der Waals surface area contributed by atoms with Gasteiger partial charge in [0.15, 0.2) is 5.78 Å². The molecule has 98 valence electrons. The minimum absolute atomic E-state index is 0.0126. The molecule has 1 atom stereocenters. The molecule has 2 rings (SSSR count). The molecule has 0 aliphatic carbocycles. The van der Waals surface area contributed by atoms with Gasteiger partial charge in [0.05, 0.1) is 18.3 Å². The van der Waals surface area contributed by atoms with Gasteiger partial charge in [0.25, 0.3) is 0 Å². The average Bonchev–Trinajstić information content (AvgIpc) is 2.43. The van der Waals surface area contributed by atoms with E-state index in [1.807, 2.05) is 12.1 Å². The predicted molar refractivity (Wildman–Crippen MR) is 69.3 cm³/mol. The molecule has 1 aromatic rings. The summed E-state index contributed by atoms with van der Waals surface area (Å²) in [5.74, 6) is 0.799.